The van der Waals surface area contributed by atoms with Crippen molar-refractivity contribution in [3.05, 3.63) is 27.2 Å². The maximum Gasteiger partial charge on any atom is 0.0847 e. The molecule has 2 nitrogen and oxygen atoms in total. The molecule has 15 heavy (non-hydrogen) atoms. The van der Waals surface area contributed by atoms with Crippen molar-refractivity contribution in [2.24, 2.45) is 0 Å². The molecular formula is C10H12BrCl2NO. The molecule has 1 atom stereocenters. The van der Waals surface area contributed by atoms with Crippen LogP contribution in [0.3, 0.4) is 0 Å². The van der Waals surface area contributed by atoms with Crippen LogP contribution < -0.4 is 5.32 Å². The standard InChI is InChI=1S/C10H12BrCl2NO/c1-6-2-8(11)9(13)3-10(6)14-5-7(15)4-12/h2-3,7,14-15H,4-5H2,1H3. The highest BCUT2D eigenvalue weighted by Gasteiger charge is 2.06. The summed E-state index contributed by atoms with van der Waals surface area (Å²) >= 11 is 14.8. The topological polar surface area (TPSA) is 32.3 Å². The van der Waals surface area contributed by atoms with Crippen molar-refractivity contribution in [2.75, 3.05) is 17.7 Å². The summed E-state index contributed by atoms with van der Waals surface area (Å²) in [6.07, 6.45) is -0.548. The van der Waals surface area contributed by atoms with Crippen molar-refractivity contribution in [1.82, 2.24) is 0 Å². The fraction of sp³-hybridized carbons (Fsp3) is 0.400. The largest absolute Gasteiger partial charge is 0.390 e. The Morgan fingerprint density at radius 3 is 2.80 bits per heavy atom. The van der Waals surface area contributed by atoms with Gasteiger partial charge in [0.25, 0.3) is 0 Å². The first kappa shape index (κ1) is 13.1. The highest BCUT2D eigenvalue weighted by Crippen LogP contribution is 2.28. The van der Waals surface area contributed by atoms with E-state index in [0.717, 1.165) is 15.7 Å². The third-order valence-electron chi connectivity index (χ3n) is 1.97. The Morgan fingerprint density at radius 1 is 1.53 bits per heavy atom. The summed E-state index contributed by atoms with van der Waals surface area (Å²) in [6.45, 7) is 2.39. The number of hydrogen-bond acceptors (Lipinski definition) is 2. The van der Waals surface area contributed by atoms with Crippen molar-refractivity contribution < 1.29 is 5.11 Å². The number of hydrogen-bond donors (Lipinski definition) is 2. The monoisotopic (exact) mass is 311 g/mol. The molecule has 0 heterocycles. The first-order valence-corrected chi connectivity index (χ1v) is 6.18. The lowest BCUT2D eigenvalue weighted by Crippen LogP contribution is -2.21. The van der Waals surface area contributed by atoms with Gasteiger partial charge >= 0.3 is 0 Å². The van der Waals surface area contributed by atoms with Crippen LogP contribution in [-0.4, -0.2) is 23.6 Å². The van der Waals surface area contributed by atoms with Crippen LogP contribution in [0.5, 0.6) is 0 Å². The van der Waals surface area contributed by atoms with Crippen molar-refractivity contribution >= 4 is 44.8 Å². The molecule has 1 aromatic rings. The number of anilines is 1. The first-order chi connectivity index (χ1) is 7.04. The van der Waals surface area contributed by atoms with Gasteiger partial charge in [-0.2, -0.15) is 0 Å². The second-order valence-corrected chi connectivity index (χ2v) is 4.84. The van der Waals surface area contributed by atoms with E-state index < -0.39 is 6.10 Å². The first-order valence-electron chi connectivity index (χ1n) is 4.48. The molecule has 0 saturated carbocycles. The van der Waals surface area contributed by atoms with Gasteiger partial charge in [-0.15, -0.1) is 11.6 Å². The number of aliphatic hydroxyl groups excluding tert-OH is 1. The Balaban J connectivity index is 2.73. The minimum atomic E-state index is -0.548. The van der Waals surface area contributed by atoms with E-state index in [-0.39, 0.29) is 5.88 Å². The van der Waals surface area contributed by atoms with Crippen LogP contribution in [0.15, 0.2) is 16.6 Å². The molecule has 0 saturated heterocycles. The molecular weight excluding hydrogens is 301 g/mol. The van der Waals surface area contributed by atoms with Crippen LogP contribution in [0.4, 0.5) is 5.69 Å². The summed E-state index contributed by atoms with van der Waals surface area (Å²) in [5, 5.41) is 13.0. The SMILES string of the molecule is Cc1cc(Br)c(Cl)cc1NCC(O)CCl. The van der Waals surface area contributed by atoms with E-state index in [0.29, 0.717) is 11.6 Å². The van der Waals surface area contributed by atoms with Gasteiger partial charge in [-0.1, -0.05) is 11.6 Å². The molecule has 0 amide bonds. The number of aliphatic hydroxyl groups is 1. The predicted octanol–water partition coefficient (Wildman–Crippen LogP) is 3.42. The molecule has 1 unspecified atom stereocenters. The van der Waals surface area contributed by atoms with E-state index in [1.807, 2.05) is 19.1 Å². The molecule has 0 spiro atoms. The average Bonchev–Trinajstić information content (AvgIpc) is 2.21. The Bertz CT molecular complexity index is 346. The molecule has 84 valence electrons. The molecule has 2 N–H and O–H groups in total. The average molecular weight is 313 g/mol. The molecule has 0 aromatic heterocycles. The summed E-state index contributed by atoms with van der Waals surface area (Å²) in [5.41, 5.74) is 1.97. The number of rotatable bonds is 4. The molecule has 1 aromatic carbocycles. The minimum Gasteiger partial charge on any atom is -0.390 e. The molecule has 0 fully saturated rings. The molecule has 0 aliphatic carbocycles. The van der Waals surface area contributed by atoms with Crippen molar-refractivity contribution in [3.8, 4) is 0 Å². The lowest BCUT2D eigenvalue weighted by atomic mass is 10.2. The number of alkyl halides is 1. The number of aryl methyl sites for hydroxylation is 1. The zero-order valence-electron chi connectivity index (χ0n) is 8.23. The van der Waals surface area contributed by atoms with Gasteiger partial charge in [0.2, 0.25) is 0 Å². The molecule has 0 aliphatic heterocycles. The van der Waals surface area contributed by atoms with Gasteiger partial charge in [0.15, 0.2) is 0 Å². The maximum absolute atomic E-state index is 9.30. The van der Waals surface area contributed by atoms with Crippen molar-refractivity contribution in [2.45, 2.75) is 13.0 Å². The van der Waals surface area contributed by atoms with Gasteiger partial charge in [-0.3, -0.25) is 0 Å². The molecule has 0 bridgehead atoms. The van der Waals surface area contributed by atoms with E-state index >= 15 is 0 Å². The number of benzene rings is 1. The maximum atomic E-state index is 9.30. The summed E-state index contributed by atoms with van der Waals surface area (Å²) in [6, 6.07) is 3.75. The van der Waals surface area contributed by atoms with Crippen LogP contribution in [0.1, 0.15) is 5.56 Å². The predicted molar refractivity (Wildman–Crippen MR) is 69.1 cm³/mol. The van der Waals surface area contributed by atoms with E-state index in [1.54, 1.807) is 0 Å². The molecule has 1 rings (SSSR count). The Kier molecular flexibility index (Phi) is 5.19. The van der Waals surface area contributed by atoms with E-state index in [2.05, 4.69) is 21.2 Å². The minimum absolute atomic E-state index is 0.219. The van der Waals surface area contributed by atoms with Crippen LogP contribution in [0, 0.1) is 6.92 Å². The second kappa shape index (κ2) is 5.94. The third-order valence-corrected chi connectivity index (χ3v) is 3.53. The summed E-state index contributed by atoms with van der Waals surface area (Å²) in [7, 11) is 0. The second-order valence-electron chi connectivity index (χ2n) is 3.27. The van der Waals surface area contributed by atoms with Gasteiger partial charge in [0.1, 0.15) is 0 Å². The van der Waals surface area contributed by atoms with Gasteiger partial charge in [-0.05, 0) is 40.5 Å². The Labute approximate surface area is 108 Å². The normalized spacial score (nSPS) is 12.6. The summed E-state index contributed by atoms with van der Waals surface area (Å²) < 4.78 is 0.866. The zero-order chi connectivity index (χ0) is 11.4. The third kappa shape index (κ3) is 3.83. The lowest BCUT2D eigenvalue weighted by molar-refractivity contribution is 0.211. The van der Waals surface area contributed by atoms with Crippen LogP contribution in [-0.2, 0) is 0 Å². The van der Waals surface area contributed by atoms with Gasteiger partial charge in [0, 0.05) is 16.7 Å². The highest BCUT2D eigenvalue weighted by molar-refractivity contribution is 9.10. The smallest absolute Gasteiger partial charge is 0.0847 e. The summed E-state index contributed by atoms with van der Waals surface area (Å²) in [5.74, 6) is 0.219. The van der Waals surface area contributed by atoms with Gasteiger partial charge < -0.3 is 10.4 Å². The van der Waals surface area contributed by atoms with Crippen molar-refractivity contribution in [3.63, 3.8) is 0 Å². The van der Waals surface area contributed by atoms with Crippen molar-refractivity contribution in [1.29, 1.82) is 0 Å². The highest BCUT2D eigenvalue weighted by atomic mass is 79.9. The number of nitrogens with one attached hydrogen (secondary N) is 1. The molecule has 0 aliphatic rings. The van der Waals surface area contributed by atoms with E-state index in [9.17, 15) is 5.11 Å². The fourth-order valence-corrected chi connectivity index (χ4v) is 1.85. The van der Waals surface area contributed by atoms with Gasteiger partial charge in [-0.25, -0.2) is 0 Å². The Morgan fingerprint density at radius 2 is 2.20 bits per heavy atom. The van der Waals surface area contributed by atoms with Gasteiger partial charge in [0.05, 0.1) is 17.0 Å². The number of halogens is 3. The zero-order valence-corrected chi connectivity index (χ0v) is 11.3. The van der Waals surface area contributed by atoms with E-state index in [4.69, 9.17) is 23.2 Å². The van der Waals surface area contributed by atoms with Crippen LogP contribution >= 0.6 is 39.1 Å². The van der Waals surface area contributed by atoms with Crippen LogP contribution in [0.25, 0.3) is 0 Å². The molecule has 5 heteroatoms. The van der Waals surface area contributed by atoms with Crippen LogP contribution in [0.2, 0.25) is 5.02 Å². The fourth-order valence-electron chi connectivity index (χ4n) is 1.12. The Hall–Kier alpha value is 0.0400. The lowest BCUT2D eigenvalue weighted by Gasteiger charge is -2.13. The van der Waals surface area contributed by atoms with E-state index in [1.165, 1.54) is 0 Å². The quantitative estimate of drug-likeness (QED) is 0.835. The molecule has 0 radical (unpaired) electrons. The summed E-state index contributed by atoms with van der Waals surface area (Å²) in [4.78, 5) is 0.